The highest BCUT2D eigenvalue weighted by atomic mass is 35.5. The summed E-state index contributed by atoms with van der Waals surface area (Å²) in [4.78, 5) is 7.89. The minimum absolute atomic E-state index is 0.585. The van der Waals surface area contributed by atoms with Crippen molar-refractivity contribution in [1.82, 2.24) is 9.97 Å². The number of unbranched alkanes of at least 4 members (excludes halogenated alkanes) is 1. The van der Waals surface area contributed by atoms with Crippen molar-refractivity contribution in [2.45, 2.75) is 33.1 Å². The lowest BCUT2D eigenvalue weighted by molar-refractivity contribution is 0.544. The Morgan fingerprint density at radius 2 is 2.20 bits per heavy atom. The number of aromatic nitrogens is 2. The smallest absolute Gasteiger partial charge is 0.148 e. The van der Waals surface area contributed by atoms with Crippen molar-refractivity contribution in [3.05, 3.63) is 17.5 Å². The molecule has 0 bridgehead atoms. The first-order chi connectivity index (χ1) is 7.20. The molecule has 0 fully saturated rings. The Bertz CT molecular complexity index is 289. The standard InChI is InChI=1S/C11H18ClN3/c1-9(2)5-3-4-6-14-11-10(12)7-13-8-15-11/h7-9H,3-6H2,1-2H3,(H,13,14,15). The van der Waals surface area contributed by atoms with E-state index >= 15 is 0 Å². The Hall–Kier alpha value is -0.830. The molecule has 0 radical (unpaired) electrons. The van der Waals surface area contributed by atoms with E-state index in [-0.39, 0.29) is 0 Å². The number of hydrogen-bond acceptors (Lipinski definition) is 3. The summed E-state index contributed by atoms with van der Waals surface area (Å²) in [5.41, 5.74) is 0. The zero-order valence-electron chi connectivity index (χ0n) is 9.33. The second-order valence-electron chi connectivity index (χ2n) is 4.04. The average Bonchev–Trinajstić information content (AvgIpc) is 2.20. The Labute approximate surface area is 96.3 Å². The van der Waals surface area contributed by atoms with Crippen LogP contribution in [0, 0.1) is 5.92 Å². The van der Waals surface area contributed by atoms with Crippen LogP contribution in [0.3, 0.4) is 0 Å². The van der Waals surface area contributed by atoms with E-state index in [0.717, 1.165) is 24.7 Å². The van der Waals surface area contributed by atoms with Gasteiger partial charge >= 0.3 is 0 Å². The molecule has 1 heterocycles. The van der Waals surface area contributed by atoms with Gasteiger partial charge in [0.05, 0.1) is 6.20 Å². The lowest BCUT2D eigenvalue weighted by Gasteiger charge is -2.07. The molecule has 3 nitrogen and oxygen atoms in total. The van der Waals surface area contributed by atoms with E-state index in [9.17, 15) is 0 Å². The van der Waals surface area contributed by atoms with E-state index in [4.69, 9.17) is 11.6 Å². The fourth-order valence-corrected chi connectivity index (χ4v) is 1.50. The summed E-state index contributed by atoms with van der Waals surface area (Å²) in [5.74, 6) is 1.52. The highest BCUT2D eigenvalue weighted by Crippen LogP contribution is 2.16. The van der Waals surface area contributed by atoms with Crippen LogP contribution in [0.15, 0.2) is 12.5 Å². The van der Waals surface area contributed by atoms with Gasteiger partial charge in [-0.05, 0) is 12.3 Å². The lowest BCUT2D eigenvalue weighted by Crippen LogP contribution is -2.04. The number of hydrogen-bond donors (Lipinski definition) is 1. The molecule has 0 spiro atoms. The summed E-state index contributed by atoms with van der Waals surface area (Å²) in [6.45, 7) is 5.41. The molecule has 1 rings (SSSR count). The summed E-state index contributed by atoms with van der Waals surface area (Å²) in [7, 11) is 0. The van der Waals surface area contributed by atoms with E-state index < -0.39 is 0 Å². The van der Waals surface area contributed by atoms with E-state index in [1.807, 2.05) is 0 Å². The third-order valence-corrected chi connectivity index (χ3v) is 2.44. The Kier molecular flexibility index (Phi) is 5.40. The van der Waals surface area contributed by atoms with Crippen LogP contribution >= 0.6 is 11.6 Å². The topological polar surface area (TPSA) is 37.8 Å². The van der Waals surface area contributed by atoms with Gasteiger partial charge in [0.15, 0.2) is 0 Å². The van der Waals surface area contributed by atoms with E-state index in [1.54, 1.807) is 6.20 Å². The van der Waals surface area contributed by atoms with E-state index in [2.05, 4.69) is 29.1 Å². The van der Waals surface area contributed by atoms with Crippen LogP contribution in [0.25, 0.3) is 0 Å². The molecule has 15 heavy (non-hydrogen) atoms. The zero-order chi connectivity index (χ0) is 11.1. The van der Waals surface area contributed by atoms with E-state index in [0.29, 0.717) is 5.02 Å². The van der Waals surface area contributed by atoms with Crippen molar-refractivity contribution in [3.63, 3.8) is 0 Å². The van der Waals surface area contributed by atoms with Gasteiger partial charge in [-0.3, -0.25) is 0 Å². The molecule has 0 aromatic carbocycles. The molecule has 1 aromatic heterocycles. The van der Waals surface area contributed by atoms with Crippen molar-refractivity contribution in [3.8, 4) is 0 Å². The molecule has 1 aromatic rings. The van der Waals surface area contributed by atoms with Gasteiger partial charge < -0.3 is 5.32 Å². The van der Waals surface area contributed by atoms with Crippen LogP contribution in [-0.2, 0) is 0 Å². The van der Waals surface area contributed by atoms with Gasteiger partial charge in [-0.2, -0.15) is 0 Å². The average molecular weight is 228 g/mol. The SMILES string of the molecule is CC(C)CCCCNc1ncncc1Cl. The van der Waals surface area contributed by atoms with Gasteiger partial charge in [-0.25, -0.2) is 9.97 Å². The fraction of sp³-hybridized carbons (Fsp3) is 0.636. The molecular weight excluding hydrogens is 210 g/mol. The molecule has 4 heteroatoms. The van der Waals surface area contributed by atoms with Crippen molar-refractivity contribution >= 4 is 17.4 Å². The number of halogens is 1. The highest BCUT2D eigenvalue weighted by molar-refractivity contribution is 6.32. The fourth-order valence-electron chi connectivity index (χ4n) is 1.33. The normalized spacial score (nSPS) is 10.7. The van der Waals surface area contributed by atoms with Gasteiger partial charge in [0.25, 0.3) is 0 Å². The molecule has 0 saturated carbocycles. The predicted octanol–water partition coefficient (Wildman–Crippen LogP) is 3.37. The van der Waals surface area contributed by atoms with Crippen molar-refractivity contribution in [1.29, 1.82) is 0 Å². The molecule has 0 aliphatic rings. The first-order valence-electron chi connectivity index (χ1n) is 5.39. The van der Waals surface area contributed by atoms with Crippen LogP contribution in [-0.4, -0.2) is 16.5 Å². The predicted molar refractivity (Wildman–Crippen MR) is 64.2 cm³/mol. The highest BCUT2D eigenvalue weighted by Gasteiger charge is 1.99. The minimum atomic E-state index is 0.585. The van der Waals surface area contributed by atoms with Crippen LogP contribution in [0.4, 0.5) is 5.82 Å². The summed E-state index contributed by atoms with van der Waals surface area (Å²) in [6.07, 6.45) is 6.78. The molecule has 0 saturated heterocycles. The van der Waals surface area contributed by atoms with Gasteiger partial charge in [0.2, 0.25) is 0 Å². The summed E-state index contributed by atoms with van der Waals surface area (Å²) < 4.78 is 0. The van der Waals surface area contributed by atoms with Gasteiger partial charge in [0.1, 0.15) is 17.2 Å². The molecule has 0 unspecified atom stereocenters. The molecule has 0 amide bonds. The molecule has 84 valence electrons. The van der Waals surface area contributed by atoms with Crippen LogP contribution in [0.5, 0.6) is 0 Å². The first kappa shape index (κ1) is 12.2. The summed E-state index contributed by atoms with van der Waals surface area (Å²) >= 11 is 5.90. The quantitative estimate of drug-likeness (QED) is 0.758. The number of rotatable bonds is 6. The molecule has 0 atom stereocenters. The molecule has 0 aliphatic carbocycles. The largest absolute Gasteiger partial charge is 0.369 e. The maximum atomic E-state index is 5.90. The van der Waals surface area contributed by atoms with Crippen LogP contribution in [0.2, 0.25) is 5.02 Å². The number of nitrogens with one attached hydrogen (secondary N) is 1. The maximum Gasteiger partial charge on any atom is 0.148 e. The third-order valence-electron chi connectivity index (χ3n) is 2.17. The Morgan fingerprint density at radius 1 is 1.40 bits per heavy atom. The monoisotopic (exact) mass is 227 g/mol. The summed E-state index contributed by atoms with van der Waals surface area (Å²) in [6, 6.07) is 0. The summed E-state index contributed by atoms with van der Waals surface area (Å²) in [5, 5.41) is 3.79. The van der Waals surface area contributed by atoms with Gasteiger partial charge in [-0.15, -0.1) is 0 Å². The van der Waals surface area contributed by atoms with Crippen LogP contribution in [0.1, 0.15) is 33.1 Å². The van der Waals surface area contributed by atoms with Crippen LogP contribution < -0.4 is 5.32 Å². The van der Waals surface area contributed by atoms with Crippen molar-refractivity contribution in [2.24, 2.45) is 5.92 Å². The third kappa shape index (κ3) is 4.98. The van der Waals surface area contributed by atoms with E-state index in [1.165, 1.54) is 19.2 Å². The molecule has 0 aliphatic heterocycles. The van der Waals surface area contributed by atoms with Crippen molar-refractivity contribution < 1.29 is 0 Å². The molecular formula is C11H18ClN3. The van der Waals surface area contributed by atoms with Gasteiger partial charge in [0, 0.05) is 6.54 Å². The first-order valence-corrected chi connectivity index (χ1v) is 5.77. The minimum Gasteiger partial charge on any atom is -0.369 e. The zero-order valence-corrected chi connectivity index (χ0v) is 10.1. The Balaban J connectivity index is 2.18. The number of anilines is 1. The Morgan fingerprint density at radius 3 is 2.87 bits per heavy atom. The molecule has 1 N–H and O–H groups in total. The lowest BCUT2D eigenvalue weighted by atomic mass is 10.1. The second-order valence-corrected chi connectivity index (χ2v) is 4.44. The van der Waals surface area contributed by atoms with Crippen molar-refractivity contribution in [2.75, 3.05) is 11.9 Å². The second kappa shape index (κ2) is 6.62. The van der Waals surface area contributed by atoms with Gasteiger partial charge in [-0.1, -0.05) is 38.3 Å². The maximum absolute atomic E-state index is 5.90. The number of nitrogens with zero attached hydrogens (tertiary/aromatic N) is 2.